The van der Waals surface area contributed by atoms with Crippen LogP contribution in [0.25, 0.3) is 0 Å². The molecule has 228 valence electrons. The SMILES string of the molecule is COC1C(O)C(N)C(OC2OC(C(C)N)CCC2N)C(O)C1N(C)C(=O)CN.O=S(=O)(O)O.O=S(=O)(O)O. The Bertz CT molecular complexity index is 893. The number of carbonyl (C=O) groups excluding carboxylic acids is 1. The number of carbonyl (C=O) groups is 1. The summed E-state index contributed by atoms with van der Waals surface area (Å²) in [6.07, 6.45) is -4.16. The second-order valence-electron chi connectivity index (χ2n) is 8.60. The smallest absolute Gasteiger partial charge is 0.389 e. The van der Waals surface area contributed by atoms with Crippen molar-refractivity contribution in [1.82, 2.24) is 4.90 Å². The zero-order valence-corrected chi connectivity index (χ0v) is 22.6. The van der Waals surface area contributed by atoms with Crippen LogP contribution in [0, 0.1) is 0 Å². The van der Waals surface area contributed by atoms with Gasteiger partial charge in [-0.1, -0.05) is 0 Å². The average molecular weight is 602 g/mol. The Hall–Kier alpha value is -1.15. The van der Waals surface area contributed by atoms with Crippen LogP contribution in [0.15, 0.2) is 0 Å². The van der Waals surface area contributed by atoms with E-state index in [0.29, 0.717) is 12.8 Å². The third-order valence-electron chi connectivity index (χ3n) is 5.74. The maximum atomic E-state index is 12.1. The molecule has 1 aliphatic carbocycles. The molecule has 0 aromatic carbocycles. The zero-order valence-electron chi connectivity index (χ0n) is 20.9. The number of methoxy groups -OCH3 is 1. The van der Waals surface area contributed by atoms with Crippen LogP contribution in [0.1, 0.15) is 19.8 Å². The van der Waals surface area contributed by atoms with Crippen molar-refractivity contribution in [3.05, 3.63) is 0 Å². The summed E-state index contributed by atoms with van der Waals surface area (Å²) in [6, 6.07) is -2.55. The van der Waals surface area contributed by atoms with Crippen molar-refractivity contribution in [1.29, 1.82) is 0 Å². The highest BCUT2D eigenvalue weighted by molar-refractivity contribution is 7.80. The van der Waals surface area contributed by atoms with Gasteiger partial charge in [-0.05, 0) is 19.8 Å². The molecule has 10 atom stereocenters. The second-order valence-corrected chi connectivity index (χ2v) is 10.4. The molecular weight excluding hydrogens is 562 g/mol. The van der Waals surface area contributed by atoms with Gasteiger partial charge in [0.1, 0.15) is 18.3 Å². The Balaban J connectivity index is 0.00000116. The third-order valence-corrected chi connectivity index (χ3v) is 5.74. The van der Waals surface area contributed by atoms with E-state index in [2.05, 4.69) is 0 Å². The minimum absolute atomic E-state index is 0.215. The number of hydrogen-bond acceptors (Lipinski definition) is 14. The lowest BCUT2D eigenvalue weighted by Crippen LogP contribution is -2.72. The summed E-state index contributed by atoms with van der Waals surface area (Å²) in [5.41, 5.74) is 23.6. The lowest BCUT2D eigenvalue weighted by atomic mass is 9.80. The molecule has 19 nitrogen and oxygen atoms in total. The molecule has 38 heavy (non-hydrogen) atoms. The quantitative estimate of drug-likeness (QED) is 0.127. The molecule has 1 saturated carbocycles. The summed E-state index contributed by atoms with van der Waals surface area (Å²) >= 11 is 0. The highest BCUT2D eigenvalue weighted by Crippen LogP contribution is 2.31. The second kappa shape index (κ2) is 15.6. The molecule has 2 fully saturated rings. The third kappa shape index (κ3) is 12.8. The summed E-state index contributed by atoms with van der Waals surface area (Å²) in [5.74, 6) is -0.421. The monoisotopic (exact) mass is 601 g/mol. The van der Waals surface area contributed by atoms with E-state index in [1.54, 1.807) is 0 Å². The van der Waals surface area contributed by atoms with Gasteiger partial charge in [0.15, 0.2) is 6.29 Å². The van der Waals surface area contributed by atoms with Crippen LogP contribution in [0.4, 0.5) is 0 Å². The van der Waals surface area contributed by atoms with Crippen molar-refractivity contribution in [2.45, 2.75) is 80.7 Å². The Kier molecular flexibility index (Phi) is 15.1. The number of rotatable bonds is 6. The Morgan fingerprint density at radius 3 is 1.89 bits per heavy atom. The van der Waals surface area contributed by atoms with E-state index < -0.39 is 75.5 Å². The number of aliphatic hydroxyl groups is 2. The Morgan fingerprint density at radius 2 is 1.50 bits per heavy atom. The summed E-state index contributed by atoms with van der Waals surface area (Å²) < 4.78 is 80.3. The fourth-order valence-electron chi connectivity index (χ4n) is 3.95. The Morgan fingerprint density at radius 1 is 1.03 bits per heavy atom. The first-order valence-corrected chi connectivity index (χ1v) is 13.7. The molecule has 21 heteroatoms. The summed E-state index contributed by atoms with van der Waals surface area (Å²) in [6.45, 7) is 1.58. The average Bonchev–Trinajstić information content (AvgIpc) is 2.76. The predicted molar refractivity (Wildman–Crippen MR) is 129 cm³/mol. The van der Waals surface area contributed by atoms with Crippen LogP contribution < -0.4 is 22.9 Å². The maximum Gasteiger partial charge on any atom is 0.394 e. The molecule has 1 heterocycles. The predicted octanol–water partition coefficient (Wildman–Crippen LogP) is -4.89. The van der Waals surface area contributed by atoms with Crippen molar-refractivity contribution >= 4 is 26.7 Å². The van der Waals surface area contributed by atoms with Crippen LogP contribution >= 0.6 is 0 Å². The van der Waals surface area contributed by atoms with Crippen molar-refractivity contribution in [2.75, 3.05) is 20.7 Å². The molecule has 0 aromatic rings. The summed E-state index contributed by atoms with van der Waals surface area (Å²) in [7, 11) is -6.49. The molecule has 1 aliphatic heterocycles. The van der Waals surface area contributed by atoms with Crippen LogP contribution in [-0.2, 0) is 39.8 Å². The fraction of sp³-hybridized carbons (Fsp3) is 0.941. The number of aliphatic hydroxyl groups excluding tert-OH is 2. The lowest BCUT2D eigenvalue weighted by Gasteiger charge is -2.50. The lowest BCUT2D eigenvalue weighted by molar-refractivity contribution is -0.267. The first-order chi connectivity index (χ1) is 17.1. The molecule has 10 unspecified atom stereocenters. The van der Waals surface area contributed by atoms with Crippen molar-refractivity contribution in [3.63, 3.8) is 0 Å². The van der Waals surface area contributed by atoms with Crippen LogP contribution in [0.5, 0.6) is 0 Å². The van der Waals surface area contributed by atoms with Crippen LogP contribution in [0.2, 0.25) is 0 Å². The summed E-state index contributed by atoms with van der Waals surface area (Å²) in [4.78, 5) is 13.3. The first kappa shape index (κ1) is 36.8. The largest absolute Gasteiger partial charge is 0.394 e. The van der Waals surface area contributed by atoms with Crippen LogP contribution in [-0.4, -0.2) is 138 Å². The van der Waals surface area contributed by atoms with Gasteiger partial charge in [-0.15, -0.1) is 0 Å². The molecule has 0 bridgehead atoms. The Labute approximate surface area is 220 Å². The molecule has 1 saturated heterocycles. The number of nitrogens with zero attached hydrogens (tertiary/aromatic N) is 1. The standard InChI is InChI=1S/C17H35N5O6.2H2O4S/c1-7(19)9-5-4-8(20)17(27-9)28-15-11(21)13(24)16(26-3)12(14(15)25)22(2)10(23)6-18;2*1-5(2,3)4/h7-9,11-17,24-25H,4-6,18-21H2,1-3H3;2*(H2,1,2,3,4). The number of ether oxygens (including phenoxy) is 3. The molecule has 0 spiro atoms. The fourth-order valence-corrected chi connectivity index (χ4v) is 3.95. The minimum Gasteiger partial charge on any atom is -0.389 e. The van der Waals surface area contributed by atoms with Gasteiger partial charge in [0.2, 0.25) is 5.91 Å². The first-order valence-electron chi connectivity index (χ1n) is 11.0. The molecule has 0 aromatic heterocycles. The minimum atomic E-state index is -4.67. The van der Waals surface area contributed by atoms with Gasteiger partial charge >= 0.3 is 20.8 Å². The molecular formula is C17H39N5O14S2. The van der Waals surface area contributed by atoms with Gasteiger partial charge in [-0.3, -0.25) is 23.0 Å². The molecule has 2 aliphatic rings. The van der Waals surface area contributed by atoms with E-state index in [1.807, 2.05) is 6.92 Å². The van der Waals surface area contributed by atoms with Crippen LogP contribution in [0.3, 0.4) is 0 Å². The van der Waals surface area contributed by atoms with Crippen molar-refractivity contribution < 1.29 is 64.3 Å². The summed E-state index contributed by atoms with van der Waals surface area (Å²) in [5, 5.41) is 21.6. The number of nitrogens with two attached hydrogens (primary N) is 4. The normalized spacial score (nSPS) is 34.6. The molecule has 14 N–H and O–H groups in total. The highest BCUT2D eigenvalue weighted by atomic mass is 32.3. The number of amides is 1. The van der Waals surface area contributed by atoms with Gasteiger partial charge in [0.25, 0.3) is 0 Å². The van der Waals surface area contributed by atoms with Gasteiger partial charge in [-0.25, -0.2) is 0 Å². The topological polar surface area (TPSA) is 342 Å². The molecule has 2 rings (SSSR count). The molecule has 1 amide bonds. The van der Waals surface area contributed by atoms with E-state index >= 15 is 0 Å². The highest BCUT2D eigenvalue weighted by Gasteiger charge is 2.53. The van der Waals surface area contributed by atoms with E-state index in [-0.39, 0.29) is 18.7 Å². The van der Waals surface area contributed by atoms with Gasteiger partial charge in [-0.2, -0.15) is 16.8 Å². The van der Waals surface area contributed by atoms with E-state index in [4.69, 9.17) is 72.2 Å². The number of hydrogen-bond donors (Lipinski definition) is 10. The van der Waals surface area contributed by atoms with E-state index in [0.717, 1.165) is 0 Å². The number of likely N-dealkylation sites (N-methyl/N-ethyl adjacent to an activating group) is 1. The van der Waals surface area contributed by atoms with Gasteiger partial charge in [0, 0.05) is 20.2 Å². The molecule has 0 radical (unpaired) electrons. The van der Waals surface area contributed by atoms with Crippen molar-refractivity contribution in [3.8, 4) is 0 Å². The van der Waals surface area contributed by atoms with Gasteiger partial charge < -0.3 is 52.3 Å². The zero-order chi connectivity index (χ0) is 30.2. The van der Waals surface area contributed by atoms with Gasteiger partial charge in [0.05, 0.1) is 36.9 Å². The maximum absolute atomic E-state index is 12.1. The van der Waals surface area contributed by atoms with E-state index in [9.17, 15) is 15.0 Å². The van der Waals surface area contributed by atoms with E-state index in [1.165, 1.54) is 19.1 Å². The van der Waals surface area contributed by atoms with Crippen molar-refractivity contribution in [2.24, 2.45) is 22.9 Å².